The highest BCUT2D eigenvalue weighted by atomic mass is 16.1. The van der Waals surface area contributed by atoms with E-state index in [-0.39, 0.29) is 5.56 Å². The van der Waals surface area contributed by atoms with Crippen molar-refractivity contribution in [2.75, 3.05) is 11.9 Å². The Kier molecular flexibility index (Phi) is 2.18. The van der Waals surface area contributed by atoms with Crippen LogP contribution >= 0.6 is 0 Å². The first-order valence-electron chi connectivity index (χ1n) is 4.77. The fourth-order valence-corrected chi connectivity index (χ4v) is 1.48. The van der Waals surface area contributed by atoms with Gasteiger partial charge >= 0.3 is 0 Å². The molecular weight excluding hydrogens is 194 g/mol. The molecule has 0 radical (unpaired) electrons. The van der Waals surface area contributed by atoms with Gasteiger partial charge in [0, 0.05) is 20.6 Å². The summed E-state index contributed by atoms with van der Waals surface area (Å²) in [7, 11) is 3.46. The van der Waals surface area contributed by atoms with E-state index in [0.29, 0.717) is 17.0 Å². The molecule has 0 spiro atoms. The quantitative estimate of drug-likeness (QED) is 0.758. The van der Waals surface area contributed by atoms with Crippen LogP contribution in [0.4, 0.5) is 5.95 Å². The second-order valence-electron chi connectivity index (χ2n) is 3.34. The van der Waals surface area contributed by atoms with Gasteiger partial charge < -0.3 is 5.32 Å². The van der Waals surface area contributed by atoms with Gasteiger partial charge in [0.25, 0.3) is 5.56 Å². The molecule has 0 bridgehead atoms. The zero-order valence-electron chi connectivity index (χ0n) is 8.98. The van der Waals surface area contributed by atoms with E-state index < -0.39 is 0 Å². The van der Waals surface area contributed by atoms with Crippen LogP contribution in [0.25, 0.3) is 11.0 Å². The van der Waals surface area contributed by atoms with Crippen LogP contribution in [0.1, 0.15) is 6.92 Å². The van der Waals surface area contributed by atoms with Gasteiger partial charge in [0.05, 0.1) is 6.20 Å². The van der Waals surface area contributed by atoms with Crippen LogP contribution in [0.15, 0.2) is 11.0 Å². The standard InChI is InChI=1S/C9H13N5O/c1-4-10-9-12-7-6(5-11-14(7)3)8(15)13(9)2/h5H,4H2,1-3H3,(H,10,12). The number of aryl methyl sites for hydroxylation is 1. The summed E-state index contributed by atoms with van der Waals surface area (Å²) in [6.45, 7) is 2.68. The van der Waals surface area contributed by atoms with Gasteiger partial charge in [-0.05, 0) is 6.92 Å². The SMILES string of the molecule is CCNc1nc2c(cnn2C)c(=O)n1C. The minimum absolute atomic E-state index is 0.0796. The maximum atomic E-state index is 11.9. The second kappa shape index (κ2) is 3.38. The Labute approximate surface area is 86.5 Å². The first-order valence-corrected chi connectivity index (χ1v) is 4.77. The molecule has 0 atom stereocenters. The minimum atomic E-state index is -0.0796. The van der Waals surface area contributed by atoms with E-state index in [0.717, 1.165) is 6.54 Å². The Hall–Kier alpha value is -1.85. The summed E-state index contributed by atoms with van der Waals surface area (Å²) in [5, 5.41) is 7.59. The van der Waals surface area contributed by atoms with Crippen molar-refractivity contribution < 1.29 is 0 Å². The van der Waals surface area contributed by atoms with Crippen molar-refractivity contribution in [1.82, 2.24) is 19.3 Å². The number of anilines is 1. The summed E-state index contributed by atoms with van der Waals surface area (Å²) in [6.07, 6.45) is 1.54. The first-order chi connectivity index (χ1) is 7.15. The first kappa shape index (κ1) is 9.70. The van der Waals surface area contributed by atoms with Crippen molar-refractivity contribution in [3.05, 3.63) is 16.6 Å². The van der Waals surface area contributed by atoms with Crippen molar-refractivity contribution in [3.8, 4) is 0 Å². The highest BCUT2D eigenvalue weighted by Crippen LogP contribution is 2.08. The van der Waals surface area contributed by atoms with Crippen LogP contribution in [0, 0.1) is 0 Å². The third-order valence-electron chi connectivity index (χ3n) is 2.31. The molecule has 15 heavy (non-hydrogen) atoms. The Morgan fingerprint density at radius 3 is 2.87 bits per heavy atom. The van der Waals surface area contributed by atoms with Crippen molar-refractivity contribution in [3.63, 3.8) is 0 Å². The lowest BCUT2D eigenvalue weighted by Gasteiger charge is -2.07. The predicted octanol–water partition coefficient (Wildman–Crippen LogP) is 0.0988. The van der Waals surface area contributed by atoms with Crippen molar-refractivity contribution in [2.45, 2.75) is 6.92 Å². The normalized spacial score (nSPS) is 10.9. The highest BCUT2D eigenvalue weighted by Gasteiger charge is 2.10. The number of nitrogens with one attached hydrogen (secondary N) is 1. The Bertz CT molecular complexity index is 553. The van der Waals surface area contributed by atoms with Crippen LogP contribution in [-0.4, -0.2) is 25.9 Å². The fraction of sp³-hybridized carbons (Fsp3) is 0.444. The highest BCUT2D eigenvalue weighted by molar-refractivity contribution is 5.74. The molecule has 0 saturated carbocycles. The molecule has 2 heterocycles. The monoisotopic (exact) mass is 207 g/mol. The van der Waals surface area contributed by atoms with E-state index in [9.17, 15) is 4.79 Å². The molecule has 2 aromatic heterocycles. The van der Waals surface area contributed by atoms with Crippen molar-refractivity contribution >= 4 is 17.0 Å². The summed E-state index contributed by atoms with van der Waals surface area (Å²) >= 11 is 0. The average molecular weight is 207 g/mol. The smallest absolute Gasteiger partial charge is 0.265 e. The third kappa shape index (κ3) is 1.38. The lowest BCUT2D eigenvalue weighted by atomic mass is 10.4. The molecule has 0 saturated heterocycles. The van der Waals surface area contributed by atoms with Gasteiger partial charge in [0.1, 0.15) is 5.39 Å². The summed E-state index contributed by atoms with van der Waals surface area (Å²) in [5.41, 5.74) is 0.526. The predicted molar refractivity (Wildman–Crippen MR) is 57.9 cm³/mol. The number of hydrogen-bond donors (Lipinski definition) is 1. The molecule has 0 aromatic carbocycles. The van der Waals surface area contributed by atoms with Crippen LogP contribution in [0.2, 0.25) is 0 Å². The molecule has 0 aliphatic carbocycles. The molecule has 6 nitrogen and oxygen atoms in total. The zero-order valence-corrected chi connectivity index (χ0v) is 8.98. The van der Waals surface area contributed by atoms with Gasteiger partial charge in [-0.2, -0.15) is 10.1 Å². The van der Waals surface area contributed by atoms with E-state index in [1.54, 1.807) is 25.0 Å². The Morgan fingerprint density at radius 1 is 1.47 bits per heavy atom. The molecule has 0 aliphatic heterocycles. The molecule has 0 unspecified atom stereocenters. The summed E-state index contributed by atoms with van der Waals surface area (Å²) in [4.78, 5) is 16.2. The molecule has 80 valence electrons. The molecular formula is C9H13N5O. The van der Waals surface area contributed by atoms with Gasteiger partial charge in [0.2, 0.25) is 5.95 Å². The zero-order chi connectivity index (χ0) is 11.0. The maximum absolute atomic E-state index is 11.9. The third-order valence-corrected chi connectivity index (χ3v) is 2.31. The maximum Gasteiger partial charge on any atom is 0.265 e. The van der Waals surface area contributed by atoms with E-state index in [1.807, 2.05) is 6.92 Å². The summed E-state index contributed by atoms with van der Waals surface area (Å²) < 4.78 is 3.09. The fourth-order valence-electron chi connectivity index (χ4n) is 1.48. The van der Waals surface area contributed by atoms with Crippen molar-refractivity contribution in [2.24, 2.45) is 14.1 Å². The molecule has 2 rings (SSSR count). The second-order valence-corrected chi connectivity index (χ2v) is 3.34. The number of aromatic nitrogens is 4. The minimum Gasteiger partial charge on any atom is -0.356 e. The van der Waals surface area contributed by atoms with Gasteiger partial charge in [-0.15, -0.1) is 0 Å². The summed E-state index contributed by atoms with van der Waals surface area (Å²) in [5.74, 6) is 0.568. The van der Waals surface area contributed by atoms with Crippen molar-refractivity contribution in [1.29, 1.82) is 0 Å². The Balaban J connectivity index is 2.79. The van der Waals surface area contributed by atoms with E-state index >= 15 is 0 Å². The molecule has 6 heteroatoms. The van der Waals surface area contributed by atoms with Crippen LogP contribution < -0.4 is 10.9 Å². The lowest BCUT2D eigenvalue weighted by Crippen LogP contribution is -2.22. The lowest BCUT2D eigenvalue weighted by molar-refractivity contribution is 0.777. The van der Waals surface area contributed by atoms with Gasteiger partial charge in [-0.3, -0.25) is 14.0 Å². The van der Waals surface area contributed by atoms with Gasteiger partial charge in [0.15, 0.2) is 5.65 Å². The largest absolute Gasteiger partial charge is 0.356 e. The van der Waals surface area contributed by atoms with Crippen LogP contribution in [0.3, 0.4) is 0 Å². The number of nitrogens with zero attached hydrogens (tertiary/aromatic N) is 4. The van der Waals surface area contributed by atoms with Crippen LogP contribution in [-0.2, 0) is 14.1 Å². The molecule has 1 N–H and O–H groups in total. The van der Waals surface area contributed by atoms with Gasteiger partial charge in [-0.25, -0.2) is 0 Å². The molecule has 2 aromatic rings. The number of fused-ring (bicyclic) bond motifs is 1. The van der Waals surface area contributed by atoms with E-state index in [4.69, 9.17) is 0 Å². The molecule has 0 amide bonds. The molecule has 0 fully saturated rings. The average Bonchev–Trinajstić information content (AvgIpc) is 2.57. The van der Waals surface area contributed by atoms with Crippen LogP contribution in [0.5, 0.6) is 0 Å². The van der Waals surface area contributed by atoms with Gasteiger partial charge in [-0.1, -0.05) is 0 Å². The Morgan fingerprint density at radius 2 is 2.20 bits per heavy atom. The topological polar surface area (TPSA) is 64.7 Å². The summed E-state index contributed by atoms with van der Waals surface area (Å²) in [6, 6.07) is 0. The van der Waals surface area contributed by atoms with E-state index in [2.05, 4.69) is 15.4 Å². The molecule has 0 aliphatic rings. The van der Waals surface area contributed by atoms with E-state index in [1.165, 1.54) is 4.57 Å². The number of rotatable bonds is 2. The number of hydrogen-bond acceptors (Lipinski definition) is 4.